The zero-order valence-electron chi connectivity index (χ0n) is 12.1. The van der Waals surface area contributed by atoms with Gasteiger partial charge in [0, 0.05) is 7.05 Å². The van der Waals surface area contributed by atoms with Gasteiger partial charge in [-0.05, 0) is 20.3 Å². The van der Waals surface area contributed by atoms with Gasteiger partial charge in [-0.25, -0.2) is 4.98 Å². The number of rotatable bonds is 2. The van der Waals surface area contributed by atoms with Gasteiger partial charge in [0.1, 0.15) is 5.82 Å². The van der Waals surface area contributed by atoms with Crippen molar-refractivity contribution in [3.63, 3.8) is 0 Å². The van der Waals surface area contributed by atoms with Crippen molar-refractivity contribution in [2.24, 2.45) is 7.05 Å². The molecular weight excluding hydrogens is 292 g/mol. The van der Waals surface area contributed by atoms with Crippen LogP contribution < -0.4 is 16.1 Å². The highest BCUT2D eigenvalue weighted by atomic mass is 79.9. The standard InChI is InChI=1S/C12H17BrN2O.C2H6/c1-5-7-9-10(6-2)14-11(8(3)13)15(4)12(9)16;1-2/h6-8H,5H2,1-4H3;1-2H3/b9-7+,10-6+;. The van der Waals surface area contributed by atoms with Gasteiger partial charge < -0.3 is 0 Å². The Hall–Kier alpha value is -0.900. The summed E-state index contributed by atoms with van der Waals surface area (Å²) in [5.74, 6) is 0.756. The molecular formula is C14H23BrN2O. The van der Waals surface area contributed by atoms with Gasteiger partial charge in [-0.3, -0.25) is 9.36 Å². The Morgan fingerprint density at radius 2 is 2.00 bits per heavy atom. The van der Waals surface area contributed by atoms with Crippen LogP contribution in [-0.2, 0) is 7.05 Å². The number of hydrogen-bond donors (Lipinski definition) is 0. The number of aromatic nitrogens is 2. The molecule has 1 aromatic heterocycles. The van der Waals surface area contributed by atoms with Crippen LogP contribution in [0.1, 0.15) is 51.7 Å². The van der Waals surface area contributed by atoms with E-state index in [0.29, 0.717) is 5.22 Å². The minimum Gasteiger partial charge on any atom is -0.298 e. The maximum Gasteiger partial charge on any atom is 0.260 e. The molecule has 3 nitrogen and oxygen atoms in total. The fraction of sp³-hybridized carbons (Fsp3) is 0.571. The molecule has 0 fully saturated rings. The third-order valence-corrected chi connectivity index (χ3v) is 2.84. The van der Waals surface area contributed by atoms with Gasteiger partial charge in [0.05, 0.1) is 15.4 Å². The van der Waals surface area contributed by atoms with Crippen molar-refractivity contribution in [3.8, 4) is 0 Å². The highest BCUT2D eigenvalue weighted by Gasteiger charge is 2.09. The maximum atomic E-state index is 12.1. The summed E-state index contributed by atoms with van der Waals surface area (Å²) in [6, 6.07) is 0. The molecule has 1 heterocycles. The summed E-state index contributed by atoms with van der Waals surface area (Å²) in [6.45, 7) is 9.88. The third-order valence-electron chi connectivity index (χ3n) is 2.43. The van der Waals surface area contributed by atoms with Crippen LogP contribution in [0.5, 0.6) is 0 Å². The summed E-state index contributed by atoms with van der Waals surface area (Å²) >= 11 is 3.45. The van der Waals surface area contributed by atoms with Crippen molar-refractivity contribution in [2.45, 2.75) is 45.9 Å². The highest BCUT2D eigenvalue weighted by molar-refractivity contribution is 9.09. The SMILES string of the molecule is C/C=c1/nc(C(C)Br)n(C)c(=O)/c1=C/CC.CC. The Bertz CT molecular complexity index is 544. The molecule has 0 N–H and O–H groups in total. The summed E-state index contributed by atoms with van der Waals surface area (Å²) in [5, 5.41) is 1.47. The summed E-state index contributed by atoms with van der Waals surface area (Å²) in [7, 11) is 1.76. The van der Waals surface area contributed by atoms with Gasteiger partial charge in [-0.2, -0.15) is 0 Å². The van der Waals surface area contributed by atoms with E-state index < -0.39 is 0 Å². The first-order chi connectivity index (χ1) is 8.52. The number of alkyl halides is 1. The fourth-order valence-electron chi connectivity index (χ4n) is 1.62. The number of hydrogen-bond acceptors (Lipinski definition) is 2. The van der Waals surface area contributed by atoms with Gasteiger partial charge in [0.25, 0.3) is 5.56 Å². The van der Waals surface area contributed by atoms with Gasteiger partial charge in [-0.1, -0.05) is 48.9 Å². The molecule has 0 aliphatic heterocycles. The molecule has 0 saturated carbocycles. The van der Waals surface area contributed by atoms with Crippen LogP contribution in [0.25, 0.3) is 12.2 Å². The lowest BCUT2D eigenvalue weighted by atomic mass is 10.3. The van der Waals surface area contributed by atoms with Crippen molar-refractivity contribution >= 4 is 28.1 Å². The molecule has 0 bridgehead atoms. The molecule has 0 spiro atoms. The predicted molar refractivity (Wildman–Crippen MR) is 82.3 cm³/mol. The Morgan fingerprint density at radius 1 is 1.44 bits per heavy atom. The van der Waals surface area contributed by atoms with E-state index in [1.807, 2.05) is 46.8 Å². The van der Waals surface area contributed by atoms with Crippen molar-refractivity contribution < 1.29 is 0 Å². The second-order valence-corrected chi connectivity index (χ2v) is 5.02. The number of halogens is 1. The minimum atomic E-state index is 0.0197. The smallest absolute Gasteiger partial charge is 0.260 e. The van der Waals surface area contributed by atoms with E-state index in [1.165, 1.54) is 0 Å². The molecule has 0 amide bonds. The minimum absolute atomic E-state index is 0.0197. The summed E-state index contributed by atoms with van der Waals surface area (Å²) in [6.07, 6.45) is 4.64. The Kier molecular flexibility index (Phi) is 7.83. The van der Waals surface area contributed by atoms with Gasteiger partial charge >= 0.3 is 0 Å². The van der Waals surface area contributed by atoms with Crippen LogP contribution >= 0.6 is 15.9 Å². The molecule has 0 saturated heterocycles. The van der Waals surface area contributed by atoms with E-state index in [2.05, 4.69) is 20.9 Å². The quantitative estimate of drug-likeness (QED) is 0.785. The normalized spacial score (nSPS) is 14.2. The third kappa shape index (κ3) is 3.80. The molecule has 102 valence electrons. The predicted octanol–water partition coefficient (Wildman–Crippen LogP) is 2.25. The topological polar surface area (TPSA) is 34.9 Å². The van der Waals surface area contributed by atoms with Gasteiger partial charge in [0.15, 0.2) is 0 Å². The summed E-state index contributed by atoms with van der Waals surface area (Å²) in [5.41, 5.74) is 0.0197. The van der Waals surface area contributed by atoms with E-state index in [4.69, 9.17) is 0 Å². The first-order valence-electron chi connectivity index (χ1n) is 6.40. The van der Waals surface area contributed by atoms with Crippen LogP contribution in [0.3, 0.4) is 0 Å². The Labute approximate surface area is 117 Å². The lowest BCUT2D eigenvalue weighted by Crippen LogP contribution is -2.47. The highest BCUT2D eigenvalue weighted by Crippen LogP contribution is 2.15. The number of nitrogens with zero attached hydrogens (tertiary/aromatic N) is 2. The van der Waals surface area contributed by atoms with Crippen LogP contribution in [0.15, 0.2) is 4.79 Å². The zero-order chi connectivity index (χ0) is 14.3. The molecule has 1 rings (SSSR count). The molecule has 1 aromatic rings. The van der Waals surface area contributed by atoms with Crippen molar-refractivity contribution in [1.82, 2.24) is 9.55 Å². The van der Waals surface area contributed by atoms with E-state index in [9.17, 15) is 4.79 Å². The molecule has 0 radical (unpaired) electrons. The molecule has 4 heteroatoms. The first kappa shape index (κ1) is 17.1. The lowest BCUT2D eigenvalue weighted by molar-refractivity contribution is 0.717. The summed E-state index contributed by atoms with van der Waals surface area (Å²) in [4.78, 5) is 16.7. The first-order valence-corrected chi connectivity index (χ1v) is 7.32. The van der Waals surface area contributed by atoms with E-state index >= 15 is 0 Å². The monoisotopic (exact) mass is 314 g/mol. The maximum absolute atomic E-state index is 12.1. The fourth-order valence-corrected chi connectivity index (χ4v) is 2.03. The average Bonchev–Trinajstić information content (AvgIpc) is 2.37. The van der Waals surface area contributed by atoms with E-state index in [-0.39, 0.29) is 10.4 Å². The van der Waals surface area contributed by atoms with E-state index in [1.54, 1.807) is 11.6 Å². The Balaban J connectivity index is 0.00000137. The van der Waals surface area contributed by atoms with Crippen LogP contribution in [0.2, 0.25) is 0 Å². The van der Waals surface area contributed by atoms with Crippen molar-refractivity contribution in [2.75, 3.05) is 0 Å². The van der Waals surface area contributed by atoms with Crippen molar-refractivity contribution in [1.29, 1.82) is 0 Å². The van der Waals surface area contributed by atoms with Gasteiger partial charge in [-0.15, -0.1) is 0 Å². The van der Waals surface area contributed by atoms with Gasteiger partial charge in [0.2, 0.25) is 0 Å². The lowest BCUT2D eigenvalue weighted by Gasteiger charge is -2.09. The zero-order valence-corrected chi connectivity index (χ0v) is 13.7. The molecule has 0 aliphatic rings. The second kappa shape index (κ2) is 8.25. The summed E-state index contributed by atoms with van der Waals surface area (Å²) < 4.78 is 1.61. The molecule has 0 aromatic carbocycles. The molecule has 0 aliphatic carbocycles. The molecule has 18 heavy (non-hydrogen) atoms. The molecule has 1 atom stereocenters. The average molecular weight is 315 g/mol. The van der Waals surface area contributed by atoms with Crippen molar-refractivity contribution in [3.05, 3.63) is 26.7 Å². The van der Waals surface area contributed by atoms with Crippen LogP contribution in [0.4, 0.5) is 0 Å². The van der Waals surface area contributed by atoms with Crippen LogP contribution in [-0.4, -0.2) is 9.55 Å². The van der Waals surface area contributed by atoms with E-state index in [0.717, 1.165) is 17.6 Å². The Morgan fingerprint density at radius 3 is 2.39 bits per heavy atom. The largest absolute Gasteiger partial charge is 0.298 e. The second-order valence-electron chi connectivity index (χ2n) is 3.65. The van der Waals surface area contributed by atoms with Crippen LogP contribution in [0, 0.1) is 0 Å². The molecule has 1 unspecified atom stereocenters.